The molecule has 1 aromatic heterocycles. The van der Waals surface area contributed by atoms with Gasteiger partial charge in [-0.05, 0) is 33.4 Å². The fourth-order valence-corrected chi connectivity index (χ4v) is 2.37. The number of hydrogen-bond acceptors (Lipinski definition) is 3. The normalized spacial score (nSPS) is 17.2. The average Bonchev–Trinajstić information content (AvgIpc) is 2.60. The number of aryl methyl sites for hydroxylation is 1. The van der Waals surface area contributed by atoms with Gasteiger partial charge in [0.1, 0.15) is 11.5 Å². The van der Waals surface area contributed by atoms with E-state index in [1.54, 1.807) is 0 Å². The third-order valence-corrected chi connectivity index (χ3v) is 3.23. The van der Waals surface area contributed by atoms with Crippen molar-refractivity contribution >= 4 is 0 Å². The molecule has 0 saturated heterocycles. The summed E-state index contributed by atoms with van der Waals surface area (Å²) < 4.78 is 5.72. The van der Waals surface area contributed by atoms with Crippen molar-refractivity contribution < 1.29 is 4.42 Å². The van der Waals surface area contributed by atoms with Crippen molar-refractivity contribution in [3.05, 3.63) is 34.8 Å². The summed E-state index contributed by atoms with van der Waals surface area (Å²) >= 11 is 0. The first-order valence-electron chi connectivity index (χ1n) is 6.30. The lowest BCUT2D eigenvalue weighted by Crippen LogP contribution is -2.28. The SMILES string of the molecule is CNCc1cc(CN2CCC=C(C)C2)c(C)o1. The average molecular weight is 234 g/mol. The van der Waals surface area contributed by atoms with E-state index in [0.717, 1.165) is 37.7 Å². The molecule has 3 nitrogen and oxygen atoms in total. The minimum Gasteiger partial charge on any atom is -0.465 e. The number of hydrogen-bond donors (Lipinski definition) is 1. The van der Waals surface area contributed by atoms with Gasteiger partial charge in [0.05, 0.1) is 6.54 Å². The largest absolute Gasteiger partial charge is 0.465 e. The maximum Gasteiger partial charge on any atom is 0.118 e. The Balaban J connectivity index is 2.00. The summed E-state index contributed by atoms with van der Waals surface area (Å²) in [7, 11) is 1.94. The molecule has 0 unspecified atom stereocenters. The van der Waals surface area contributed by atoms with Crippen molar-refractivity contribution in [2.75, 3.05) is 20.1 Å². The lowest BCUT2D eigenvalue weighted by molar-refractivity contribution is 0.280. The Hall–Kier alpha value is -1.06. The summed E-state index contributed by atoms with van der Waals surface area (Å²) in [5.41, 5.74) is 2.80. The molecule has 1 aliphatic rings. The molecule has 17 heavy (non-hydrogen) atoms. The van der Waals surface area contributed by atoms with Gasteiger partial charge >= 0.3 is 0 Å². The third kappa shape index (κ3) is 3.20. The number of rotatable bonds is 4. The maximum atomic E-state index is 5.72. The molecule has 0 saturated carbocycles. The Labute approximate surface area is 103 Å². The quantitative estimate of drug-likeness (QED) is 0.811. The molecule has 1 aromatic rings. The maximum absolute atomic E-state index is 5.72. The van der Waals surface area contributed by atoms with Crippen LogP contribution in [0, 0.1) is 6.92 Å². The molecule has 0 bridgehead atoms. The van der Waals surface area contributed by atoms with Crippen molar-refractivity contribution in [3.8, 4) is 0 Å². The summed E-state index contributed by atoms with van der Waals surface area (Å²) in [4.78, 5) is 2.48. The Morgan fingerprint density at radius 3 is 2.94 bits per heavy atom. The van der Waals surface area contributed by atoms with Gasteiger partial charge < -0.3 is 9.73 Å². The van der Waals surface area contributed by atoms with Crippen LogP contribution in [0.3, 0.4) is 0 Å². The van der Waals surface area contributed by atoms with Crippen molar-refractivity contribution in [1.29, 1.82) is 0 Å². The second kappa shape index (κ2) is 5.52. The molecule has 1 aliphatic heterocycles. The summed E-state index contributed by atoms with van der Waals surface area (Å²) in [6.07, 6.45) is 3.51. The molecule has 2 rings (SSSR count). The van der Waals surface area contributed by atoms with Crippen LogP contribution in [0.15, 0.2) is 22.1 Å². The zero-order valence-electron chi connectivity index (χ0n) is 11.0. The van der Waals surface area contributed by atoms with E-state index < -0.39 is 0 Å². The summed E-state index contributed by atoms with van der Waals surface area (Å²) in [5.74, 6) is 2.09. The predicted octanol–water partition coefficient (Wildman–Crippen LogP) is 2.46. The highest BCUT2D eigenvalue weighted by molar-refractivity contribution is 5.21. The molecule has 3 heteroatoms. The van der Waals surface area contributed by atoms with E-state index in [1.165, 1.54) is 17.6 Å². The van der Waals surface area contributed by atoms with Crippen LogP contribution in [-0.4, -0.2) is 25.0 Å². The predicted molar refractivity (Wildman–Crippen MR) is 69.9 cm³/mol. The molecule has 0 fully saturated rings. The molecule has 0 spiro atoms. The second-order valence-electron chi connectivity index (χ2n) is 4.87. The Bertz CT molecular complexity index is 406. The van der Waals surface area contributed by atoms with E-state index in [2.05, 4.69) is 36.2 Å². The van der Waals surface area contributed by atoms with Gasteiger partial charge in [0.15, 0.2) is 0 Å². The minimum absolute atomic E-state index is 0.805. The van der Waals surface area contributed by atoms with E-state index >= 15 is 0 Å². The van der Waals surface area contributed by atoms with Crippen LogP contribution >= 0.6 is 0 Å². The van der Waals surface area contributed by atoms with E-state index in [-0.39, 0.29) is 0 Å². The summed E-state index contributed by atoms with van der Waals surface area (Å²) in [5, 5.41) is 3.12. The van der Waals surface area contributed by atoms with Gasteiger partial charge in [-0.25, -0.2) is 0 Å². The van der Waals surface area contributed by atoms with Gasteiger partial charge in [-0.3, -0.25) is 4.90 Å². The lowest BCUT2D eigenvalue weighted by Gasteiger charge is -2.25. The van der Waals surface area contributed by atoms with Gasteiger partial charge in [-0.2, -0.15) is 0 Å². The Morgan fingerprint density at radius 1 is 1.41 bits per heavy atom. The highest BCUT2D eigenvalue weighted by atomic mass is 16.3. The Morgan fingerprint density at radius 2 is 2.24 bits per heavy atom. The smallest absolute Gasteiger partial charge is 0.118 e. The zero-order chi connectivity index (χ0) is 12.3. The van der Waals surface area contributed by atoms with Crippen LogP contribution in [0.5, 0.6) is 0 Å². The third-order valence-electron chi connectivity index (χ3n) is 3.23. The highest BCUT2D eigenvalue weighted by Crippen LogP contribution is 2.19. The zero-order valence-corrected chi connectivity index (χ0v) is 11.0. The minimum atomic E-state index is 0.805. The molecule has 0 aromatic carbocycles. The topological polar surface area (TPSA) is 28.4 Å². The molecule has 0 aliphatic carbocycles. The Kier molecular flexibility index (Phi) is 4.02. The second-order valence-corrected chi connectivity index (χ2v) is 4.87. The van der Waals surface area contributed by atoms with Gasteiger partial charge in [0.25, 0.3) is 0 Å². The summed E-state index contributed by atoms with van der Waals surface area (Å²) in [6, 6.07) is 2.18. The van der Waals surface area contributed by atoms with Crippen molar-refractivity contribution in [3.63, 3.8) is 0 Å². The van der Waals surface area contributed by atoms with E-state index in [0.29, 0.717) is 0 Å². The van der Waals surface area contributed by atoms with Gasteiger partial charge in [0, 0.05) is 25.2 Å². The highest BCUT2D eigenvalue weighted by Gasteiger charge is 2.14. The first-order chi connectivity index (χ1) is 8.19. The molecule has 1 N–H and O–H groups in total. The lowest BCUT2D eigenvalue weighted by atomic mass is 10.1. The fraction of sp³-hybridized carbons (Fsp3) is 0.571. The first kappa shape index (κ1) is 12.4. The number of nitrogens with one attached hydrogen (secondary N) is 1. The van der Waals surface area contributed by atoms with E-state index in [1.807, 2.05) is 7.05 Å². The molecule has 0 radical (unpaired) electrons. The fourth-order valence-electron chi connectivity index (χ4n) is 2.37. The molecule has 0 atom stereocenters. The molecule has 94 valence electrons. The molecule has 0 amide bonds. The standard InChI is InChI=1S/C14H22N2O/c1-11-5-4-6-16(9-11)10-13-7-14(8-15-3)17-12(13)2/h5,7,15H,4,6,8-10H2,1-3H3. The van der Waals surface area contributed by atoms with Crippen molar-refractivity contribution in [2.45, 2.75) is 33.4 Å². The molecular formula is C14H22N2O. The van der Waals surface area contributed by atoms with Crippen LogP contribution < -0.4 is 5.32 Å². The van der Waals surface area contributed by atoms with Gasteiger partial charge in [-0.15, -0.1) is 0 Å². The number of furan rings is 1. The van der Waals surface area contributed by atoms with Crippen LogP contribution in [0.1, 0.15) is 30.4 Å². The van der Waals surface area contributed by atoms with Crippen molar-refractivity contribution in [2.24, 2.45) is 0 Å². The molecular weight excluding hydrogens is 212 g/mol. The molecule has 2 heterocycles. The van der Waals surface area contributed by atoms with Crippen LogP contribution in [-0.2, 0) is 13.1 Å². The van der Waals surface area contributed by atoms with E-state index in [9.17, 15) is 0 Å². The summed E-state index contributed by atoms with van der Waals surface area (Å²) in [6.45, 7) is 8.32. The van der Waals surface area contributed by atoms with Gasteiger partial charge in [-0.1, -0.05) is 11.6 Å². The monoisotopic (exact) mass is 234 g/mol. The van der Waals surface area contributed by atoms with E-state index in [4.69, 9.17) is 4.42 Å². The van der Waals surface area contributed by atoms with Crippen molar-refractivity contribution in [1.82, 2.24) is 10.2 Å². The van der Waals surface area contributed by atoms with Crippen LogP contribution in [0.25, 0.3) is 0 Å². The first-order valence-corrected chi connectivity index (χ1v) is 6.30. The number of nitrogens with zero attached hydrogens (tertiary/aromatic N) is 1. The van der Waals surface area contributed by atoms with Gasteiger partial charge in [0.2, 0.25) is 0 Å². The van der Waals surface area contributed by atoms with Crippen LogP contribution in [0.4, 0.5) is 0 Å². The van der Waals surface area contributed by atoms with Crippen LogP contribution in [0.2, 0.25) is 0 Å².